The summed E-state index contributed by atoms with van der Waals surface area (Å²) in [6, 6.07) is 7.46. The number of rotatable bonds is 6. The van der Waals surface area contributed by atoms with Crippen LogP contribution in [0.5, 0.6) is 0 Å². The molecule has 8 heteroatoms. The summed E-state index contributed by atoms with van der Waals surface area (Å²) in [5.74, 6) is -2.23. The highest BCUT2D eigenvalue weighted by Crippen LogP contribution is 2.51. The summed E-state index contributed by atoms with van der Waals surface area (Å²) < 4.78 is 20.7. The van der Waals surface area contributed by atoms with Crippen molar-refractivity contribution in [3.8, 4) is 5.69 Å². The van der Waals surface area contributed by atoms with E-state index in [1.807, 2.05) is 6.92 Å². The van der Waals surface area contributed by atoms with Crippen LogP contribution in [0.2, 0.25) is 0 Å². The van der Waals surface area contributed by atoms with Crippen LogP contribution < -0.4 is 5.32 Å². The van der Waals surface area contributed by atoms with Gasteiger partial charge < -0.3 is 15.2 Å². The van der Waals surface area contributed by atoms with Crippen LogP contribution in [0.15, 0.2) is 36.5 Å². The molecule has 144 valence electrons. The SMILES string of the molecule is CCOC1CC(NC(=O)c2ccn(-c3ccccc3F)n2)(C(=O)O)C1(C)C. The van der Waals surface area contributed by atoms with Gasteiger partial charge in [0, 0.05) is 24.6 Å². The van der Waals surface area contributed by atoms with Gasteiger partial charge in [-0.3, -0.25) is 4.79 Å². The first kappa shape index (κ1) is 19.0. The maximum atomic E-state index is 13.9. The van der Waals surface area contributed by atoms with E-state index < -0.39 is 28.6 Å². The Morgan fingerprint density at radius 1 is 1.37 bits per heavy atom. The lowest BCUT2D eigenvalue weighted by molar-refractivity contribution is -0.190. The van der Waals surface area contributed by atoms with Crippen LogP contribution in [0.4, 0.5) is 4.39 Å². The van der Waals surface area contributed by atoms with Crippen LogP contribution in [0, 0.1) is 11.2 Å². The first-order valence-electron chi connectivity index (χ1n) is 8.71. The van der Waals surface area contributed by atoms with Crippen molar-refractivity contribution in [1.82, 2.24) is 15.1 Å². The van der Waals surface area contributed by atoms with Gasteiger partial charge >= 0.3 is 5.97 Å². The Labute approximate surface area is 156 Å². The van der Waals surface area contributed by atoms with E-state index in [0.717, 1.165) is 0 Å². The number of nitrogens with one attached hydrogen (secondary N) is 1. The van der Waals surface area contributed by atoms with Gasteiger partial charge in [0.25, 0.3) is 5.91 Å². The number of carbonyl (C=O) groups excluding carboxylic acids is 1. The van der Waals surface area contributed by atoms with Crippen molar-refractivity contribution in [3.05, 3.63) is 48.0 Å². The zero-order valence-corrected chi connectivity index (χ0v) is 15.4. The van der Waals surface area contributed by atoms with E-state index in [1.54, 1.807) is 26.0 Å². The summed E-state index contributed by atoms with van der Waals surface area (Å²) in [5.41, 5.74) is -2.04. The third-order valence-electron chi connectivity index (χ3n) is 5.38. The summed E-state index contributed by atoms with van der Waals surface area (Å²) in [4.78, 5) is 24.6. The molecule has 1 amide bonds. The Bertz CT molecular complexity index is 879. The minimum absolute atomic E-state index is 0.00883. The van der Waals surface area contributed by atoms with Crippen LogP contribution in [-0.4, -0.2) is 45.0 Å². The van der Waals surface area contributed by atoms with Gasteiger partial charge in [0.2, 0.25) is 0 Å². The Hall–Kier alpha value is -2.74. The minimum Gasteiger partial charge on any atom is -0.479 e. The molecule has 7 nitrogen and oxygen atoms in total. The van der Waals surface area contributed by atoms with Crippen molar-refractivity contribution in [2.75, 3.05) is 6.61 Å². The molecule has 2 unspecified atom stereocenters. The number of amides is 1. The lowest BCUT2D eigenvalue weighted by atomic mass is 9.54. The van der Waals surface area contributed by atoms with E-state index in [4.69, 9.17) is 4.74 Å². The van der Waals surface area contributed by atoms with Crippen LogP contribution in [0.3, 0.4) is 0 Å². The molecule has 1 aliphatic rings. The summed E-state index contributed by atoms with van der Waals surface area (Å²) in [7, 11) is 0. The lowest BCUT2D eigenvalue weighted by Gasteiger charge is -2.58. The Morgan fingerprint density at radius 3 is 2.67 bits per heavy atom. The largest absolute Gasteiger partial charge is 0.479 e. The van der Waals surface area contributed by atoms with E-state index >= 15 is 0 Å². The Balaban J connectivity index is 1.83. The topological polar surface area (TPSA) is 93.5 Å². The predicted octanol–water partition coefficient (Wildman–Crippen LogP) is 2.40. The van der Waals surface area contributed by atoms with Crippen molar-refractivity contribution in [3.63, 3.8) is 0 Å². The maximum absolute atomic E-state index is 13.9. The molecule has 1 aromatic carbocycles. The van der Waals surface area contributed by atoms with Gasteiger partial charge in [0.05, 0.1) is 6.10 Å². The van der Waals surface area contributed by atoms with Gasteiger partial charge in [-0.2, -0.15) is 5.10 Å². The molecule has 0 spiro atoms. The fourth-order valence-electron chi connectivity index (χ4n) is 3.51. The van der Waals surface area contributed by atoms with Gasteiger partial charge in [-0.1, -0.05) is 26.0 Å². The van der Waals surface area contributed by atoms with Crippen molar-refractivity contribution >= 4 is 11.9 Å². The summed E-state index contributed by atoms with van der Waals surface area (Å²) >= 11 is 0. The predicted molar refractivity (Wildman–Crippen MR) is 95.2 cm³/mol. The third-order valence-corrected chi connectivity index (χ3v) is 5.38. The second-order valence-electron chi connectivity index (χ2n) is 7.13. The summed E-state index contributed by atoms with van der Waals surface area (Å²) in [6.07, 6.45) is 1.35. The van der Waals surface area contributed by atoms with Crippen LogP contribution in [-0.2, 0) is 9.53 Å². The molecule has 1 aliphatic carbocycles. The third kappa shape index (κ3) is 2.99. The number of ether oxygens (including phenoxy) is 1. The fraction of sp³-hybridized carbons (Fsp3) is 0.421. The van der Waals surface area contributed by atoms with E-state index in [2.05, 4.69) is 10.4 Å². The number of aliphatic carboxylic acids is 1. The molecule has 27 heavy (non-hydrogen) atoms. The molecule has 2 atom stereocenters. The number of hydrogen-bond acceptors (Lipinski definition) is 4. The lowest BCUT2D eigenvalue weighted by Crippen LogP contribution is -2.76. The molecule has 1 heterocycles. The van der Waals surface area contributed by atoms with Crippen LogP contribution in [0.25, 0.3) is 5.69 Å². The summed E-state index contributed by atoms with van der Waals surface area (Å²) in [5, 5.41) is 16.5. The number of carboxylic acids is 1. The van der Waals surface area contributed by atoms with Gasteiger partial charge in [-0.15, -0.1) is 0 Å². The number of benzene rings is 1. The molecule has 0 saturated heterocycles. The highest BCUT2D eigenvalue weighted by Gasteiger charge is 2.66. The first-order valence-corrected chi connectivity index (χ1v) is 8.71. The molecule has 1 aromatic heterocycles. The number of carbonyl (C=O) groups is 2. The van der Waals surface area contributed by atoms with Crippen molar-refractivity contribution < 1.29 is 23.8 Å². The molecular weight excluding hydrogens is 353 g/mol. The maximum Gasteiger partial charge on any atom is 0.330 e. The molecule has 0 radical (unpaired) electrons. The zero-order valence-electron chi connectivity index (χ0n) is 15.4. The molecule has 2 aromatic rings. The minimum atomic E-state index is -1.45. The number of hydrogen-bond donors (Lipinski definition) is 2. The van der Waals surface area contributed by atoms with E-state index in [9.17, 15) is 19.1 Å². The quantitative estimate of drug-likeness (QED) is 0.809. The molecule has 2 N–H and O–H groups in total. The highest BCUT2D eigenvalue weighted by molar-refractivity contribution is 5.97. The monoisotopic (exact) mass is 375 g/mol. The fourth-order valence-corrected chi connectivity index (χ4v) is 3.51. The number of para-hydroxylation sites is 1. The zero-order chi connectivity index (χ0) is 19.8. The average Bonchev–Trinajstić information content (AvgIpc) is 3.10. The van der Waals surface area contributed by atoms with Gasteiger partial charge in [0.15, 0.2) is 5.69 Å². The van der Waals surface area contributed by atoms with Crippen molar-refractivity contribution in [2.24, 2.45) is 5.41 Å². The van der Waals surface area contributed by atoms with E-state index in [-0.39, 0.29) is 23.9 Å². The number of carboxylic acid groups (broad SMARTS) is 1. The normalized spacial score (nSPS) is 23.5. The molecule has 3 rings (SSSR count). The van der Waals surface area contributed by atoms with Gasteiger partial charge in [0.1, 0.15) is 17.0 Å². The standard InChI is InChI=1S/C19H22FN3O4/c1-4-27-15-11-19(17(25)26,18(15,2)3)21-16(24)13-9-10-23(22-13)14-8-6-5-7-12(14)20/h5-10,15H,4,11H2,1-3H3,(H,21,24)(H,25,26). The second kappa shape index (κ2) is 6.77. The number of nitrogens with zero attached hydrogens (tertiary/aromatic N) is 2. The highest BCUT2D eigenvalue weighted by atomic mass is 19.1. The molecule has 1 fully saturated rings. The first-order chi connectivity index (χ1) is 12.7. The van der Waals surface area contributed by atoms with Crippen LogP contribution in [0.1, 0.15) is 37.7 Å². The Kier molecular flexibility index (Phi) is 4.77. The molecular formula is C19H22FN3O4. The number of halogens is 1. The van der Waals surface area contributed by atoms with Gasteiger partial charge in [-0.25, -0.2) is 13.9 Å². The van der Waals surface area contributed by atoms with Gasteiger partial charge in [-0.05, 0) is 25.1 Å². The number of aromatic nitrogens is 2. The molecule has 1 saturated carbocycles. The average molecular weight is 375 g/mol. The van der Waals surface area contributed by atoms with Crippen LogP contribution >= 0.6 is 0 Å². The van der Waals surface area contributed by atoms with E-state index in [0.29, 0.717) is 6.61 Å². The second-order valence-corrected chi connectivity index (χ2v) is 7.13. The summed E-state index contributed by atoms with van der Waals surface area (Å²) in [6.45, 7) is 5.81. The molecule has 0 bridgehead atoms. The van der Waals surface area contributed by atoms with Crippen molar-refractivity contribution in [2.45, 2.75) is 38.8 Å². The van der Waals surface area contributed by atoms with Crippen molar-refractivity contribution in [1.29, 1.82) is 0 Å². The smallest absolute Gasteiger partial charge is 0.330 e. The van der Waals surface area contributed by atoms with E-state index in [1.165, 1.54) is 29.1 Å². The molecule has 0 aliphatic heterocycles. The Morgan fingerprint density at radius 2 is 2.07 bits per heavy atom.